The number of rotatable bonds is 7. The van der Waals surface area contributed by atoms with Crippen LogP contribution in [0.1, 0.15) is 55.1 Å². The van der Waals surface area contributed by atoms with Gasteiger partial charge in [0.25, 0.3) is 6.43 Å². The van der Waals surface area contributed by atoms with Crippen LogP contribution in [-0.4, -0.2) is 20.3 Å². The molecule has 0 saturated heterocycles. The summed E-state index contributed by atoms with van der Waals surface area (Å²) in [5.41, 5.74) is 2.44. The van der Waals surface area contributed by atoms with Crippen molar-refractivity contribution in [2.45, 2.75) is 44.7 Å². The summed E-state index contributed by atoms with van der Waals surface area (Å²) in [6.07, 6.45) is 3.22. The minimum Gasteiger partial charge on any atom is -0.348 e. The van der Waals surface area contributed by atoms with Crippen molar-refractivity contribution in [3.63, 3.8) is 0 Å². The largest absolute Gasteiger partial charge is 0.348 e. The molecule has 7 heteroatoms. The van der Waals surface area contributed by atoms with Crippen LogP contribution in [0.2, 0.25) is 0 Å². The average molecular weight is 384 g/mol. The molecular weight excluding hydrogens is 362 g/mol. The Morgan fingerprint density at radius 1 is 1.21 bits per heavy atom. The lowest BCUT2D eigenvalue weighted by atomic mass is 10.1. The van der Waals surface area contributed by atoms with Crippen LogP contribution >= 0.6 is 0 Å². The van der Waals surface area contributed by atoms with Crippen LogP contribution in [0.25, 0.3) is 5.69 Å². The van der Waals surface area contributed by atoms with Gasteiger partial charge in [0, 0.05) is 24.0 Å². The summed E-state index contributed by atoms with van der Waals surface area (Å²) in [6.45, 7) is 1.66. The number of amides is 1. The van der Waals surface area contributed by atoms with Gasteiger partial charge >= 0.3 is 0 Å². The molecule has 1 aromatic carbocycles. The maximum Gasteiger partial charge on any atom is 0.280 e. The van der Waals surface area contributed by atoms with Gasteiger partial charge in [-0.3, -0.25) is 9.48 Å². The Morgan fingerprint density at radius 2 is 1.89 bits per heavy atom. The number of nitrogens with one attached hydrogen (secondary N) is 1. The molecule has 1 unspecified atom stereocenters. The number of benzene rings is 1. The molecular formula is C21H22F2N4O. The van der Waals surface area contributed by atoms with Gasteiger partial charge in [-0.05, 0) is 55.7 Å². The maximum atomic E-state index is 13.3. The number of aromatic nitrogens is 3. The molecule has 1 atom stereocenters. The van der Waals surface area contributed by atoms with E-state index in [0.717, 1.165) is 28.8 Å². The molecule has 1 aliphatic rings. The number of carbonyl (C=O) groups excluding carboxylic acids is 1. The Morgan fingerprint density at radius 3 is 2.50 bits per heavy atom. The maximum absolute atomic E-state index is 13.3. The Labute approximate surface area is 162 Å². The predicted molar refractivity (Wildman–Crippen MR) is 101 cm³/mol. The van der Waals surface area contributed by atoms with Gasteiger partial charge in [-0.15, -0.1) is 0 Å². The van der Waals surface area contributed by atoms with Crippen LogP contribution in [-0.2, 0) is 11.3 Å². The Kier molecular flexibility index (Phi) is 4.98. The van der Waals surface area contributed by atoms with Crippen molar-refractivity contribution in [1.29, 1.82) is 0 Å². The van der Waals surface area contributed by atoms with Crippen molar-refractivity contribution >= 4 is 5.91 Å². The van der Waals surface area contributed by atoms with Gasteiger partial charge in [0.2, 0.25) is 5.91 Å². The Bertz CT molecular complexity index is 943. The van der Waals surface area contributed by atoms with Gasteiger partial charge in [-0.1, -0.05) is 12.1 Å². The number of nitrogens with zero attached hydrogens (tertiary/aromatic N) is 3. The second-order valence-corrected chi connectivity index (χ2v) is 7.20. The summed E-state index contributed by atoms with van der Waals surface area (Å²) in [6, 6.07) is 12.9. The summed E-state index contributed by atoms with van der Waals surface area (Å²) in [5, 5.41) is 7.09. The molecule has 28 heavy (non-hydrogen) atoms. The van der Waals surface area contributed by atoms with E-state index in [0.29, 0.717) is 5.69 Å². The van der Waals surface area contributed by atoms with Crippen LogP contribution in [0.3, 0.4) is 0 Å². The van der Waals surface area contributed by atoms with E-state index in [-0.39, 0.29) is 30.1 Å². The molecule has 0 aliphatic heterocycles. The van der Waals surface area contributed by atoms with Gasteiger partial charge in [0.1, 0.15) is 12.2 Å². The molecule has 4 rings (SSSR count). The number of hydrogen-bond acceptors (Lipinski definition) is 2. The zero-order valence-electron chi connectivity index (χ0n) is 15.6. The molecule has 1 aliphatic carbocycles. The SMILES string of the molecule is CC(NC(=O)Cn1nc(C2CC2)cc1C(F)F)c1ccc(-n2cccc2)cc1. The van der Waals surface area contributed by atoms with Gasteiger partial charge in [0.05, 0.1) is 11.7 Å². The molecule has 1 saturated carbocycles. The summed E-state index contributed by atoms with van der Waals surface area (Å²) >= 11 is 0. The third-order valence-corrected chi connectivity index (χ3v) is 5.02. The van der Waals surface area contributed by atoms with Crippen molar-refractivity contribution in [2.24, 2.45) is 0 Å². The van der Waals surface area contributed by atoms with Crippen LogP contribution in [0.4, 0.5) is 8.78 Å². The van der Waals surface area contributed by atoms with Crippen LogP contribution in [0, 0.1) is 0 Å². The van der Waals surface area contributed by atoms with Crippen LogP contribution in [0.5, 0.6) is 0 Å². The molecule has 0 spiro atoms. The van der Waals surface area contributed by atoms with E-state index in [1.807, 2.05) is 60.3 Å². The van der Waals surface area contributed by atoms with E-state index in [2.05, 4.69) is 10.4 Å². The summed E-state index contributed by atoms with van der Waals surface area (Å²) in [5.74, 6) is -0.0751. The molecule has 146 valence electrons. The third kappa shape index (κ3) is 3.98. The highest BCUT2D eigenvalue weighted by atomic mass is 19.3. The Balaban J connectivity index is 1.41. The number of carbonyl (C=O) groups is 1. The smallest absolute Gasteiger partial charge is 0.280 e. The standard InChI is InChI=1S/C21H22F2N4O/c1-14(15-6-8-17(9-7-15)26-10-2-3-11-26)24-20(28)13-27-19(21(22)23)12-18(25-27)16-4-5-16/h2-3,6-12,14,16,21H,4-5,13H2,1H3,(H,24,28). The molecule has 1 N–H and O–H groups in total. The van der Waals surface area contributed by atoms with Gasteiger partial charge in [-0.2, -0.15) is 5.10 Å². The molecule has 0 radical (unpaired) electrons. The molecule has 2 aromatic heterocycles. The fourth-order valence-corrected chi connectivity index (χ4v) is 3.28. The fraction of sp³-hybridized carbons (Fsp3) is 0.333. The second kappa shape index (κ2) is 7.58. The van der Waals surface area contributed by atoms with E-state index in [4.69, 9.17) is 0 Å². The quantitative estimate of drug-likeness (QED) is 0.658. The normalized spacial score (nSPS) is 15.0. The highest BCUT2D eigenvalue weighted by molar-refractivity contribution is 5.76. The van der Waals surface area contributed by atoms with Crippen molar-refractivity contribution in [1.82, 2.24) is 19.7 Å². The van der Waals surface area contributed by atoms with Gasteiger partial charge in [0.15, 0.2) is 0 Å². The zero-order valence-corrected chi connectivity index (χ0v) is 15.6. The van der Waals surface area contributed by atoms with Crippen LogP contribution < -0.4 is 5.32 Å². The van der Waals surface area contributed by atoms with Crippen molar-refractivity contribution in [3.8, 4) is 5.69 Å². The van der Waals surface area contributed by atoms with E-state index in [1.165, 1.54) is 6.07 Å². The highest BCUT2D eigenvalue weighted by Gasteiger charge is 2.29. The lowest BCUT2D eigenvalue weighted by molar-refractivity contribution is -0.122. The Hall–Kier alpha value is -2.96. The van der Waals surface area contributed by atoms with E-state index in [1.54, 1.807) is 0 Å². The molecule has 5 nitrogen and oxygen atoms in total. The number of alkyl halides is 2. The topological polar surface area (TPSA) is 51.9 Å². The average Bonchev–Trinajstić information content (AvgIpc) is 3.21. The molecule has 1 amide bonds. The van der Waals surface area contributed by atoms with E-state index >= 15 is 0 Å². The van der Waals surface area contributed by atoms with Crippen molar-refractivity contribution in [3.05, 3.63) is 71.8 Å². The number of halogens is 2. The minimum atomic E-state index is -2.65. The third-order valence-electron chi connectivity index (χ3n) is 5.02. The second-order valence-electron chi connectivity index (χ2n) is 7.20. The molecule has 1 fully saturated rings. The number of hydrogen-bond donors (Lipinski definition) is 1. The first-order chi connectivity index (χ1) is 13.5. The summed E-state index contributed by atoms with van der Waals surface area (Å²) in [4.78, 5) is 12.4. The van der Waals surface area contributed by atoms with E-state index in [9.17, 15) is 13.6 Å². The van der Waals surface area contributed by atoms with Gasteiger partial charge in [-0.25, -0.2) is 8.78 Å². The van der Waals surface area contributed by atoms with E-state index < -0.39 is 6.43 Å². The van der Waals surface area contributed by atoms with Crippen molar-refractivity contribution in [2.75, 3.05) is 0 Å². The first kappa shape index (κ1) is 18.4. The summed E-state index contributed by atoms with van der Waals surface area (Å²) < 4.78 is 29.7. The molecule has 2 heterocycles. The highest BCUT2D eigenvalue weighted by Crippen LogP contribution is 2.40. The van der Waals surface area contributed by atoms with Crippen LogP contribution in [0.15, 0.2) is 54.9 Å². The zero-order chi connectivity index (χ0) is 19.7. The summed E-state index contributed by atoms with van der Waals surface area (Å²) in [7, 11) is 0. The lowest BCUT2D eigenvalue weighted by Crippen LogP contribution is -2.31. The fourth-order valence-electron chi connectivity index (χ4n) is 3.28. The van der Waals surface area contributed by atoms with Gasteiger partial charge < -0.3 is 9.88 Å². The molecule has 0 bridgehead atoms. The van der Waals surface area contributed by atoms with Crippen molar-refractivity contribution < 1.29 is 13.6 Å². The predicted octanol–water partition coefficient (Wildman–Crippen LogP) is 4.37. The monoisotopic (exact) mass is 384 g/mol. The lowest BCUT2D eigenvalue weighted by Gasteiger charge is -2.16. The molecule has 3 aromatic rings. The first-order valence-electron chi connectivity index (χ1n) is 9.39. The first-order valence-corrected chi connectivity index (χ1v) is 9.39. The minimum absolute atomic E-state index is 0.194.